The summed E-state index contributed by atoms with van der Waals surface area (Å²) in [6.45, 7) is 4.72. The number of hydrogen-bond donors (Lipinski definition) is 0. The summed E-state index contributed by atoms with van der Waals surface area (Å²) in [6.07, 6.45) is 0. The van der Waals surface area contributed by atoms with Crippen LogP contribution in [0.25, 0.3) is 93.0 Å². The lowest BCUT2D eigenvalue weighted by Crippen LogP contribution is -2.14. The van der Waals surface area contributed by atoms with E-state index in [4.69, 9.17) is 15.0 Å². The summed E-state index contributed by atoms with van der Waals surface area (Å²) in [6, 6.07) is 56.3. The Morgan fingerprint density at radius 1 is 0.434 bits per heavy atom. The van der Waals surface area contributed by atoms with Gasteiger partial charge in [-0.25, -0.2) is 15.0 Å². The van der Waals surface area contributed by atoms with Gasteiger partial charge in [0.25, 0.3) is 0 Å². The highest BCUT2D eigenvalue weighted by Crippen LogP contribution is 2.51. The van der Waals surface area contributed by atoms with Crippen LogP contribution in [0.5, 0.6) is 0 Å². The molecule has 0 saturated carbocycles. The fourth-order valence-electron chi connectivity index (χ4n) is 8.51. The Balaban J connectivity index is 1.17. The van der Waals surface area contributed by atoms with E-state index < -0.39 is 0 Å². The van der Waals surface area contributed by atoms with Crippen molar-refractivity contribution in [3.63, 3.8) is 0 Å². The van der Waals surface area contributed by atoms with Crippen LogP contribution >= 0.6 is 11.3 Å². The van der Waals surface area contributed by atoms with Crippen molar-refractivity contribution in [2.24, 2.45) is 0 Å². The second kappa shape index (κ2) is 11.3. The maximum atomic E-state index is 5.12. The van der Waals surface area contributed by atoms with Gasteiger partial charge in [0.05, 0.1) is 21.4 Å². The number of hydrogen-bond acceptors (Lipinski definition) is 4. The van der Waals surface area contributed by atoms with E-state index in [9.17, 15) is 0 Å². The summed E-state index contributed by atoms with van der Waals surface area (Å²) in [5.41, 5.74) is 11.9. The maximum Gasteiger partial charge on any atom is 0.165 e. The van der Waals surface area contributed by atoms with Crippen LogP contribution in [-0.2, 0) is 5.41 Å². The van der Waals surface area contributed by atoms with E-state index in [2.05, 4.69) is 140 Å². The third-order valence-electron chi connectivity index (χ3n) is 11.1. The van der Waals surface area contributed by atoms with Crippen molar-refractivity contribution in [3.05, 3.63) is 169 Å². The van der Waals surface area contributed by atoms with Gasteiger partial charge in [0, 0.05) is 48.4 Å². The first-order valence-electron chi connectivity index (χ1n) is 18.0. The molecular weight excluding hydrogens is 665 g/mol. The van der Waals surface area contributed by atoms with Gasteiger partial charge < -0.3 is 4.57 Å². The number of nitrogens with zero attached hydrogens (tertiary/aromatic N) is 4. The summed E-state index contributed by atoms with van der Waals surface area (Å²) in [4.78, 5) is 15.2. The van der Waals surface area contributed by atoms with Gasteiger partial charge in [0.1, 0.15) is 0 Å². The summed E-state index contributed by atoms with van der Waals surface area (Å²) in [5.74, 6) is 2.00. The van der Waals surface area contributed by atoms with Crippen molar-refractivity contribution in [2.75, 3.05) is 0 Å². The molecule has 0 unspecified atom stereocenters. The first kappa shape index (κ1) is 30.2. The number of rotatable bonds is 4. The Labute approximate surface area is 310 Å². The first-order valence-corrected chi connectivity index (χ1v) is 18.9. The lowest BCUT2D eigenvalue weighted by Gasteiger charge is -2.21. The molecule has 0 aliphatic heterocycles. The average molecular weight is 697 g/mol. The molecule has 250 valence electrons. The summed E-state index contributed by atoms with van der Waals surface area (Å²) < 4.78 is 4.89. The van der Waals surface area contributed by atoms with Crippen molar-refractivity contribution >= 4 is 53.3 Å². The van der Waals surface area contributed by atoms with Gasteiger partial charge in [0.15, 0.2) is 17.5 Å². The molecule has 0 spiro atoms. The molecule has 0 bridgehead atoms. The Kier molecular flexibility index (Phi) is 6.43. The maximum absolute atomic E-state index is 5.12. The normalized spacial score (nSPS) is 13.2. The molecule has 0 atom stereocenters. The molecule has 10 aromatic rings. The zero-order chi connectivity index (χ0) is 35.3. The molecule has 0 N–H and O–H groups in total. The van der Waals surface area contributed by atoms with Gasteiger partial charge in [0.2, 0.25) is 0 Å². The van der Waals surface area contributed by atoms with Gasteiger partial charge >= 0.3 is 0 Å². The van der Waals surface area contributed by atoms with Crippen molar-refractivity contribution < 1.29 is 0 Å². The fourth-order valence-corrected chi connectivity index (χ4v) is 9.82. The van der Waals surface area contributed by atoms with Crippen LogP contribution in [0, 0.1) is 0 Å². The van der Waals surface area contributed by atoms with Crippen molar-refractivity contribution in [3.8, 4) is 51.0 Å². The third-order valence-corrected chi connectivity index (χ3v) is 12.3. The first-order chi connectivity index (χ1) is 26.0. The number of aromatic nitrogens is 4. The minimum absolute atomic E-state index is 0.0956. The number of thiophene rings is 1. The topological polar surface area (TPSA) is 43.6 Å². The van der Waals surface area contributed by atoms with E-state index in [-0.39, 0.29) is 5.41 Å². The molecule has 1 aliphatic rings. The van der Waals surface area contributed by atoms with Crippen LogP contribution in [0.4, 0.5) is 0 Å². The minimum Gasteiger partial charge on any atom is -0.308 e. The average Bonchev–Trinajstić information content (AvgIpc) is 3.83. The lowest BCUT2D eigenvalue weighted by molar-refractivity contribution is 0.661. The van der Waals surface area contributed by atoms with Crippen molar-refractivity contribution in [2.45, 2.75) is 19.3 Å². The highest BCUT2D eigenvalue weighted by atomic mass is 32.1. The molecule has 3 aromatic heterocycles. The molecule has 0 radical (unpaired) electrons. The fraction of sp³-hybridized carbons (Fsp3) is 0.0625. The zero-order valence-corrected chi connectivity index (χ0v) is 30.0. The number of fused-ring (bicyclic) bond motifs is 9. The van der Waals surface area contributed by atoms with E-state index in [1.54, 1.807) is 0 Å². The summed E-state index contributed by atoms with van der Waals surface area (Å²) in [5, 5.41) is 4.96. The quantitative estimate of drug-likeness (QED) is 0.184. The van der Waals surface area contributed by atoms with Gasteiger partial charge in [-0.15, -0.1) is 11.3 Å². The van der Waals surface area contributed by atoms with Crippen LogP contribution in [-0.4, -0.2) is 19.5 Å². The Morgan fingerprint density at radius 2 is 1.02 bits per heavy atom. The monoisotopic (exact) mass is 696 g/mol. The van der Waals surface area contributed by atoms with E-state index >= 15 is 0 Å². The van der Waals surface area contributed by atoms with Gasteiger partial charge in [-0.3, -0.25) is 0 Å². The Bertz CT molecular complexity index is 3020. The Morgan fingerprint density at radius 3 is 1.77 bits per heavy atom. The van der Waals surface area contributed by atoms with Crippen LogP contribution in [0.15, 0.2) is 158 Å². The zero-order valence-electron chi connectivity index (χ0n) is 29.2. The predicted octanol–water partition coefficient (Wildman–Crippen LogP) is 12.6. The van der Waals surface area contributed by atoms with Crippen LogP contribution in [0.3, 0.4) is 0 Å². The molecule has 4 nitrogen and oxygen atoms in total. The lowest BCUT2D eigenvalue weighted by atomic mass is 9.82. The van der Waals surface area contributed by atoms with Crippen molar-refractivity contribution in [1.29, 1.82) is 0 Å². The molecule has 7 aromatic carbocycles. The Hall–Kier alpha value is -6.43. The molecule has 0 amide bonds. The van der Waals surface area contributed by atoms with Gasteiger partial charge in [-0.1, -0.05) is 141 Å². The molecule has 3 heterocycles. The molecule has 53 heavy (non-hydrogen) atoms. The molecular formula is C48H32N4S. The van der Waals surface area contributed by atoms with Gasteiger partial charge in [-0.2, -0.15) is 0 Å². The largest absolute Gasteiger partial charge is 0.308 e. The third kappa shape index (κ3) is 4.44. The van der Waals surface area contributed by atoms with Crippen molar-refractivity contribution in [1.82, 2.24) is 19.5 Å². The molecule has 11 rings (SSSR count). The van der Waals surface area contributed by atoms with E-state index in [1.807, 2.05) is 47.7 Å². The van der Waals surface area contributed by atoms with E-state index in [1.165, 1.54) is 65.2 Å². The van der Waals surface area contributed by atoms with Gasteiger partial charge in [-0.05, 0) is 52.6 Å². The molecule has 0 saturated heterocycles. The number of para-hydroxylation sites is 1. The predicted molar refractivity (Wildman–Crippen MR) is 221 cm³/mol. The molecule has 0 fully saturated rings. The highest BCUT2D eigenvalue weighted by Gasteiger charge is 2.36. The van der Waals surface area contributed by atoms with Crippen LogP contribution in [0.2, 0.25) is 0 Å². The minimum atomic E-state index is -0.0956. The van der Waals surface area contributed by atoms with Crippen LogP contribution in [0.1, 0.15) is 25.0 Å². The van der Waals surface area contributed by atoms with E-state index in [0.29, 0.717) is 17.5 Å². The SMILES string of the molecule is CC1(C)c2ccccc2-c2cc3c4ccccc4n(-c4cccc5c4sc4c(-c6nc(-c7ccccc7)nc(-c7ccccc7)n6)cccc45)c3cc21. The van der Waals surface area contributed by atoms with Crippen LogP contribution < -0.4 is 0 Å². The smallest absolute Gasteiger partial charge is 0.165 e. The summed E-state index contributed by atoms with van der Waals surface area (Å²) in [7, 11) is 0. The second-order valence-electron chi connectivity index (χ2n) is 14.4. The van der Waals surface area contributed by atoms with E-state index in [0.717, 1.165) is 21.4 Å². The number of benzene rings is 7. The highest BCUT2D eigenvalue weighted by molar-refractivity contribution is 7.26. The summed E-state index contributed by atoms with van der Waals surface area (Å²) >= 11 is 1.82. The standard InChI is InChI=1S/C48H32N4S/c1-48(2)38-24-11-9-19-31(38)36-27-37-32-20-10-12-25-40(32)52(42(37)28-39(36)48)41-26-14-22-34-33-21-13-23-35(43(33)53-44(34)41)47-50-45(29-15-5-3-6-16-29)49-46(51-47)30-17-7-4-8-18-30/h3-28H,1-2H3. The second-order valence-corrected chi connectivity index (χ2v) is 15.4. The molecule has 5 heteroatoms. The molecule has 1 aliphatic carbocycles.